The first kappa shape index (κ1) is 13.3. The van der Waals surface area contributed by atoms with Crippen molar-refractivity contribution in [3.8, 4) is 0 Å². The van der Waals surface area contributed by atoms with Crippen molar-refractivity contribution in [2.45, 2.75) is 44.1 Å². The largest absolute Gasteiger partial charge is 0.310 e. The average Bonchev–Trinajstić information content (AvgIpc) is 3.26. The number of likely N-dealkylation sites (tertiary alicyclic amines) is 1. The minimum atomic E-state index is 0.119. The normalized spacial score (nSPS) is 30.3. The van der Waals surface area contributed by atoms with Crippen molar-refractivity contribution < 1.29 is 4.79 Å². The maximum Gasteiger partial charge on any atom is 0.228 e. The van der Waals surface area contributed by atoms with E-state index in [9.17, 15) is 4.79 Å². The van der Waals surface area contributed by atoms with Crippen LogP contribution in [0, 0.1) is 5.92 Å². The summed E-state index contributed by atoms with van der Waals surface area (Å²) in [7, 11) is 0. The van der Waals surface area contributed by atoms with Gasteiger partial charge in [0.1, 0.15) is 0 Å². The second-order valence-electron chi connectivity index (χ2n) is 7.06. The number of carbonyl (C=O) groups is 1. The molecule has 1 saturated carbocycles. The van der Waals surface area contributed by atoms with Crippen LogP contribution < -0.4 is 4.90 Å². The Morgan fingerprint density at radius 1 is 1.14 bits per heavy atom. The topological polar surface area (TPSA) is 23.6 Å². The summed E-state index contributed by atoms with van der Waals surface area (Å²) in [6.07, 6.45) is 7.26. The fourth-order valence-electron chi connectivity index (χ4n) is 4.09. The number of piperidine rings is 1. The molecule has 0 radical (unpaired) electrons. The molecule has 0 unspecified atom stereocenters. The predicted octanol–water partition coefficient (Wildman–Crippen LogP) is 3.06. The molecule has 0 bridgehead atoms. The molecular weight excluding hydrogens is 260 g/mol. The van der Waals surface area contributed by atoms with Crippen LogP contribution in [-0.2, 0) is 4.79 Å². The maximum absolute atomic E-state index is 12.6. The Morgan fingerprint density at radius 3 is 2.71 bits per heavy atom. The quantitative estimate of drug-likeness (QED) is 0.851. The second kappa shape index (κ2) is 5.13. The fraction of sp³-hybridized carbons (Fsp3) is 0.611. The number of rotatable bonds is 3. The Labute approximate surface area is 126 Å². The third-order valence-corrected chi connectivity index (χ3v) is 5.47. The molecule has 0 aromatic heterocycles. The van der Waals surface area contributed by atoms with Crippen molar-refractivity contribution in [1.29, 1.82) is 0 Å². The Morgan fingerprint density at radius 2 is 1.95 bits per heavy atom. The molecule has 2 aliphatic heterocycles. The molecule has 1 aliphatic carbocycles. The van der Waals surface area contributed by atoms with E-state index in [-0.39, 0.29) is 5.54 Å². The van der Waals surface area contributed by atoms with E-state index in [1.54, 1.807) is 0 Å². The van der Waals surface area contributed by atoms with E-state index in [0.29, 0.717) is 12.3 Å². The zero-order chi connectivity index (χ0) is 14.3. The SMILES string of the molecule is O=C1C[C@]2(CCCCN2CC2CC2)CN1c1ccccc1. The van der Waals surface area contributed by atoms with Gasteiger partial charge in [-0.3, -0.25) is 9.69 Å². The molecule has 1 atom stereocenters. The third-order valence-electron chi connectivity index (χ3n) is 5.47. The number of para-hydroxylation sites is 1. The van der Waals surface area contributed by atoms with Gasteiger partial charge in [0.05, 0.1) is 0 Å². The number of carbonyl (C=O) groups excluding carboxylic acids is 1. The number of amides is 1. The van der Waals surface area contributed by atoms with E-state index in [1.807, 2.05) is 23.1 Å². The van der Waals surface area contributed by atoms with Gasteiger partial charge >= 0.3 is 0 Å². The molecule has 21 heavy (non-hydrogen) atoms. The monoisotopic (exact) mass is 284 g/mol. The van der Waals surface area contributed by atoms with Crippen molar-refractivity contribution in [1.82, 2.24) is 4.90 Å². The van der Waals surface area contributed by atoms with Crippen molar-refractivity contribution in [2.75, 3.05) is 24.5 Å². The van der Waals surface area contributed by atoms with E-state index in [0.717, 1.165) is 18.2 Å². The molecule has 1 aromatic rings. The summed E-state index contributed by atoms with van der Waals surface area (Å²) in [5.74, 6) is 1.21. The molecule has 3 heteroatoms. The van der Waals surface area contributed by atoms with Gasteiger partial charge < -0.3 is 4.90 Å². The Hall–Kier alpha value is -1.35. The van der Waals surface area contributed by atoms with Gasteiger partial charge in [-0.2, -0.15) is 0 Å². The second-order valence-corrected chi connectivity index (χ2v) is 7.06. The molecule has 3 aliphatic rings. The first-order chi connectivity index (χ1) is 10.3. The Balaban J connectivity index is 1.57. The number of nitrogens with zero attached hydrogens (tertiary/aromatic N) is 2. The molecule has 112 valence electrons. The van der Waals surface area contributed by atoms with Crippen LogP contribution in [-0.4, -0.2) is 36.0 Å². The summed E-state index contributed by atoms with van der Waals surface area (Å²) < 4.78 is 0. The molecule has 1 spiro atoms. The Bertz CT molecular complexity index is 525. The number of hydrogen-bond acceptors (Lipinski definition) is 2. The molecule has 3 fully saturated rings. The van der Waals surface area contributed by atoms with Crippen LogP contribution in [0.2, 0.25) is 0 Å². The van der Waals surface area contributed by atoms with Crippen molar-refractivity contribution in [2.24, 2.45) is 5.92 Å². The molecule has 4 rings (SSSR count). The minimum absolute atomic E-state index is 0.119. The lowest BCUT2D eigenvalue weighted by Crippen LogP contribution is -2.54. The van der Waals surface area contributed by atoms with Crippen molar-refractivity contribution in [3.63, 3.8) is 0 Å². The van der Waals surface area contributed by atoms with Gasteiger partial charge in [0.15, 0.2) is 0 Å². The van der Waals surface area contributed by atoms with Crippen molar-refractivity contribution in [3.05, 3.63) is 30.3 Å². The van der Waals surface area contributed by atoms with E-state index in [4.69, 9.17) is 0 Å². The highest BCUT2D eigenvalue weighted by atomic mass is 16.2. The van der Waals surface area contributed by atoms with Gasteiger partial charge in [0, 0.05) is 30.7 Å². The van der Waals surface area contributed by atoms with Gasteiger partial charge in [-0.05, 0) is 50.3 Å². The Kier molecular flexibility index (Phi) is 3.26. The highest BCUT2D eigenvalue weighted by Gasteiger charge is 2.49. The summed E-state index contributed by atoms with van der Waals surface area (Å²) in [6, 6.07) is 10.2. The van der Waals surface area contributed by atoms with Crippen LogP contribution in [0.1, 0.15) is 38.5 Å². The summed E-state index contributed by atoms with van der Waals surface area (Å²) in [4.78, 5) is 17.3. The van der Waals surface area contributed by atoms with Crippen LogP contribution in [0.15, 0.2) is 30.3 Å². The summed E-state index contributed by atoms with van der Waals surface area (Å²) in [5.41, 5.74) is 1.18. The fourth-order valence-corrected chi connectivity index (χ4v) is 4.09. The maximum atomic E-state index is 12.6. The minimum Gasteiger partial charge on any atom is -0.310 e. The van der Waals surface area contributed by atoms with Crippen LogP contribution in [0.3, 0.4) is 0 Å². The molecule has 2 heterocycles. The van der Waals surface area contributed by atoms with Gasteiger partial charge in [0.25, 0.3) is 0 Å². The first-order valence-corrected chi connectivity index (χ1v) is 8.37. The first-order valence-electron chi connectivity index (χ1n) is 8.37. The lowest BCUT2D eigenvalue weighted by molar-refractivity contribution is -0.118. The standard InChI is InChI=1S/C18H24N2O/c21-17-12-18(14-20(17)16-6-2-1-3-7-16)10-4-5-11-19(18)13-15-8-9-15/h1-3,6-7,15H,4-5,8-14H2/t18-/m1/s1. The molecule has 2 saturated heterocycles. The van der Waals surface area contributed by atoms with E-state index >= 15 is 0 Å². The van der Waals surface area contributed by atoms with Crippen molar-refractivity contribution >= 4 is 11.6 Å². The third kappa shape index (κ3) is 2.48. The number of benzene rings is 1. The van der Waals surface area contributed by atoms with Crippen LogP contribution in [0.25, 0.3) is 0 Å². The van der Waals surface area contributed by atoms with Crippen LogP contribution in [0.5, 0.6) is 0 Å². The molecular formula is C18H24N2O. The lowest BCUT2D eigenvalue weighted by atomic mass is 9.85. The smallest absolute Gasteiger partial charge is 0.228 e. The number of hydrogen-bond donors (Lipinski definition) is 0. The number of anilines is 1. The summed E-state index contributed by atoms with van der Waals surface area (Å²) >= 11 is 0. The molecule has 3 nitrogen and oxygen atoms in total. The molecule has 0 N–H and O–H groups in total. The van der Waals surface area contributed by atoms with Crippen LogP contribution >= 0.6 is 0 Å². The van der Waals surface area contributed by atoms with Crippen LogP contribution in [0.4, 0.5) is 5.69 Å². The van der Waals surface area contributed by atoms with Gasteiger partial charge in [-0.1, -0.05) is 24.6 Å². The predicted molar refractivity (Wildman–Crippen MR) is 84.3 cm³/mol. The summed E-state index contributed by atoms with van der Waals surface area (Å²) in [5, 5.41) is 0. The highest BCUT2D eigenvalue weighted by molar-refractivity contribution is 5.97. The van der Waals surface area contributed by atoms with E-state index in [1.165, 1.54) is 45.2 Å². The molecule has 1 amide bonds. The van der Waals surface area contributed by atoms with E-state index in [2.05, 4.69) is 17.0 Å². The zero-order valence-corrected chi connectivity index (χ0v) is 12.6. The zero-order valence-electron chi connectivity index (χ0n) is 12.6. The van der Waals surface area contributed by atoms with Gasteiger partial charge in [0.2, 0.25) is 5.91 Å². The molecule has 1 aromatic carbocycles. The average molecular weight is 284 g/mol. The van der Waals surface area contributed by atoms with Gasteiger partial charge in [-0.15, -0.1) is 0 Å². The lowest BCUT2D eigenvalue weighted by Gasteiger charge is -2.44. The van der Waals surface area contributed by atoms with E-state index < -0.39 is 0 Å². The highest BCUT2D eigenvalue weighted by Crippen LogP contribution is 2.41. The summed E-state index contributed by atoms with van der Waals surface area (Å²) in [6.45, 7) is 3.30. The van der Waals surface area contributed by atoms with Gasteiger partial charge in [-0.25, -0.2) is 0 Å².